The fourth-order valence-corrected chi connectivity index (χ4v) is 4.99. The number of benzene rings is 2. The van der Waals surface area contributed by atoms with Crippen molar-refractivity contribution in [2.75, 3.05) is 12.4 Å². The van der Waals surface area contributed by atoms with E-state index >= 15 is 4.39 Å². The molecule has 4 aromatic rings. The normalized spacial score (nSPS) is 12.5. The van der Waals surface area contributed by atoms with E-state index in [0.717, 1.165) is 6.07 Å². The van der Waals surface area contributed by atoms with Crippen molar-refractivity contribution in [2.24, 2.45) is 7.05 Å². The van der Waals surface area contributed by atoms with Gasteiger partial charge in [0.25, 0.3) is 11.5 Å². The Bertz CT molecular complexity index is 1770. The van der Waals surface area contributed by atoms with E-state index in [-0.39, 0.29) is 29.7 Å². The second kappa shape index (κ2) is 14.9. The summed E-state index contributed by atoms with van der Waals surface area (Å²) in [7, 11) is 3.05. The number of nitrogens with one attached hydrogen (secondary N) is 2. The van der Waals surface area contributed by atoms with E-state index in [0.29, 0.717) is 33.3 Å². The molecule has 246 valence electrons. The maximum absolute atomic E-state index is 15.0. The molecule has 4 rings (SSSR count). The summed E-state index contributed by atoms with van der Waals surface area (Å²) >= 11 is 0. The third-order valence-electron chi connectivity index (χ3n) is 7.23. The number of aromatic nitrogens is 2. The highest BCUT2D eigenvalue weighted by molar-refractivity contribution is 5.99. The Hall–Kier alpha value is -4.94. The molecule has 0 unspecified atom stereocenters. The highest BCUT2D eigenvalue weighted by atomic mass is 19.4. The lowest BCUT2D eigenvalue weighted by molar-refractivity contribution is -0.143. The van der Waals surface area contributed by atoms with Crippen LogP contribution in [0.1, 0.15) is 48.7 Å². The van der Waals surface area contributed by atoms with E-state index in [4.69, 9.17) is 4.74 Å². The lowest BCUT2D eigenvalue weighted by atomic mass is 9.95. The van der Waals surface area contributed by atoms with E-state index in [9.17, 15) is 32.7 Å². The van der Waals surface area contributed by atoms with Gasteiger partial charge in [-0.3, -0.25) is 14.6 Å². The van der Waals surface area contributed by atoms with E-state index in [1.807, 2.05) is 13.8 Å². The molecule has 0 aliphatic rings. The molecular formula is C33H36F4N4O5. The number of methoxy groups -OCH3 is 1. The molecule has 3 N–H and O–H groups in total. The smallest absolute Gasteiger partial charge is 0.408 e. The van der Waals surface area contributed by atoms with Crippen molar-refractivity contribution < 1.29 is 37.0 Å². The summed E-state index contributed by atoms with van der Waals surface area (Å²) in [6, 6.07) is 6.72. The first-order valence-electron chi connectivity index (χ1n) is 14.5. The molecule has 46 heavy (non-hydrogen) atoms. The number of fused-ring (bicyclic) bond motifs is 1. The predicted molar refractivity (Wildman–Crippen MR) is 168 cm³/mol. The molecule has 2 aromatic heterocycles. The van der Waals surface area contributed by atoms with Crippen LogP contribution in [0, 0.1) is 12.7 Å². The Morgan fingerprint density at radius 3 is 2.39 bits per heavy atom. The SMILES string of the molecule is CC.CC[C@@H](Nc1cc(C)c(C(=O)N[C@@H](Cc2ccc(-c3cc(OC)cn(C)c3=O)c3ncccc23)C(=O)O)c(F)c1)C(F)(F)F. The molecule has 0 bridgehead atoms. The van der Waals surface area contributed by atoms with Gasteiger partial charge in [0.05, 0.1) is 23.8 Å². The Morgan fingerprint density at radius 1 is 1.11 bits per heavy atom. The fourth-order valence-electron chi connectivity index (χ4n) is 4.99. The van der Waals surface area contributed by atoms with Gasteiger partial charge in [-0.15, -0.1) is 0 Å². The van der Waals surface area contributed by atoms with Crippen LogP contribution in [0.2, 0.25) is 0 Å². The molecule has 0 saturated carbocycles. The molecule has 2 atom stereocenters. The van der Waals surface area contributed by atoms with Crippen molar-refractivity contribution in [3.05, 3.63) is 87.7 Å². The highest BCUT2D eigenvalue weighted by Gasteiger charge is 2.38. The topological polar surface area (TPSA) is 123 Å². The lowest BCUT2D eigenvalue weighted by Gasteiger charge is -2.22. The van der Waals surface area contributed by atoms with Crippen molar-refractivity contribution in [3.63, 3.8) is 0 Å². The standard InChI is InChI=1S/C31H30F4N4O5.C2H6/c1-5-25(31(33,34)35)37-18-11-16(2)26(23(32)13-18)28(40)38-24(30(42)43)12-17-8-9-21(27-20(17)7-6-10-36-27)22-14-19(44-4)15-39(3)29(22)41;1-2/h6-11,13-15,24-25,37H,5,12H2,1-4H3,(H,38,40)(H,42,43);1-2H3/t24-,25+;/m0./s1. The van der Waals surface area contributed by atoms with Gasteiger partial charge in [-0.1, -0.05) is 39.0 Å². The van der Waals surface area contributed by atoms with Crippen LogP contribution in [0.15, 0.2) is 59.7 Å². The number of nitrogens with zero attached hydrogens (tertiary/aromatic N) is 2. The Kier molecular flexibility index (Phi) is 11.5. The maximum atomic E-state index is 15.0. The number of carboxylic acids is 1. The van der Waals surface area contributed by atoms with Crippen LogP contribution in [0.4, 0.5) is 23.2 Å². The maximum Gasteiger partial charge on any atom is 0.408 e. The zero-order valence-corrected chi connectivity index (χ0v) is 26.3. The highest BCUT2D eigenvalue weighted by Crippen LogP contribution is 2.31. The number of aliphatic carboxylic acids is 1. The van der Waals surface area contributed by atoms with Gasteiger partial charge in [-0.05, 0) is 48.7 Å². The first-order chi connectivity index (χ1) is 21.7. The number of carboxylic acid groups (broad SMARTS) is 1. The fraction of sp³-hybridized carbons (Fsp3) is 0.333. The molecule has 2 heterocycles. The summed E-state index contributed by atoms with van der Waals surface area (Å²) in [5, 5.41) is 15.0. The first-order valence-corrected chi connectivity index (χ1v) is 14.5. The summed E-state index contributed by atoms with van der Waals surface area (Å²) in [5.74, 6) is -3.10. The van der Waals surface area contributed by atoms with Crippen molar-refractivity contribution in [1.82, 2.24) is 14.9 Å². The van der Waals surface area contributed by atoms with Crippen molar-refractivity contribution in [1.29, 1.82) is 0 Å². The van der Waals surface area contributed by atoms with E-state index in [2.05, 4.69) is 15.6 Å². The third-order valence-corrected chi connectivity index (χ3v) is 7.23. The van der Waals surface area contributed by atoms with Crippen LogP contribution < -0.4 is 20.9 Å². The van der Waals surface area contributed by atoms with E-state index in [1.54, 1.807) is 37.4 Å². The number of carbonyl (C=O) groups excluding carboxylic acids is 1. The monoisotopic (exact) mass is 644 g/mol. The summed E-state index contributed by atoms with van der Waals surface area (Å²) in [6.07, 6.45) is -2.02. The quantitative estimate of drug-likeness (QED) is 0.174. The van der Waals surface area contributed by atoms with Gasteiger partial charge >= 0.3 is 12.1 Å². The van der Waals surface area contributed by atoms with Crippen LogP contribution in [0.25, 0.3) is 22.0 Å². The molecular weight excluding hydrogens is 608 g/mol. The number of carbonyl (C=O) groups is 2. The van der Waals surface area contributed by atoms with Crippen LogP contribution in [0.5, 0.6) is 5.75 Å². The average molecular weight is 645 g/mol. The molecule has 0 saturated heterocycles. The predicted octanol–water partition coefficient (Wildman–Crippen LogP) is 6.26. The van der Waals surface area contributed by atoms with Crippen LogP contribution >= 0.6 is 0 Å². The van der Waals surface area contributed by atoms with Gasteiger partial charge in [0, 0.05) is 42.5 Å². The number of rotatable bonds is 10. The van der Waals surface area contributed by atoms with Gasteiger partial charge in [-0.25, -0.2) is 9.18 Å². The molecule has 13 heteroatoms. The van der Waals surface area contributed by atoms with E-state index < -0.39 is 41.5 Å². The van der Waals surface area contributed by atoms with Gasteiger partial charge in [0.1, 0.15) is 23.7 Å². The zero-order chi connectivity index (χ0) is 34.3. The average Bonchev–Trinajstić information content (AvgIpc) is 3.01. The summed E-state index contributed by atoms with van der Waals surface area (Å²) < 4.78 is 61.3. The Balaban J connectivity index is 0.00000282. The zero-order valence-electron chi connectivity index (χ0n) is 26.3. The van der Waals surface area contributed by atoms with Crippen molar-refractivity contribution in [3.8, 4) is 16.9 Å². The second-order valence-corrected chi connectivity index (χ2v) is 10.2. The molecule has 1 amide bonds. The second-order valence-electron chi connectivity index (χ2n) is 10.2. The largest absolute Gasteiger partial charge is 0.495 e. The van der Waals surface area contributed by atoms with Crippen molar-refractivity contribution >= 4 is 28.5 Å². The van der Waals surface area contributed by atoms with Crippen molar-refractivity contribution in [2.45, 2.75) is 58.8 Å². The molecule has 0 fully saturated rings. The first kappa shape index (κ1) is 35.5. The number of halogens is 4. The molecule has 0 aliphatic carbocycles. The number of ether oxygens (including phenoxy) is 1. The number of alkyl halides is 3. The molecule has 0 radical (unpaired) electrons. The van der Waals surface area contributed by atoms with Gasteiger partial charge < -0.3 is 25.0 Å². The minimum Gasteiger partial charge on any atom is -0.495 e. The van der Waals surface area contributed by atoms with Gasteiger partial charge in [0.2, 0.25) is 0 Å². The molecule has 2 aromatic carbocycles. The Labute approximate surface area is 263 Å². The molecule has 9 nitrogen and oxygen atoms in total. The molecule has 0 spiro atoms. The summed E-state index contributed by atoms with van der Waals surface area (Å²) in [4.78, 5) is 42.7. The number of hydrogen-bond donors (Lipinski definition) is 3. The van der Waals surface area contributed by atoms with Crippen LogP contribution in [-0.4, -0.2) is 51.9 Å². The Morgan fingerprint density at radius 2 is 1.80 bits per heavy atom. The number of pyridine rings is 2. The van der Waals surface area contributed by atoms with Gasteiger partial charge in [0.15, 0.2) is 0 Å². The summed E-state index contributed by atoms with van der Waals surface area (Å²) in [5.41, 5.74) is 0.766. The third kappa shape index (κ3) is 7.82. The van der Waals surface area contributed by atoms with E-state index in [1.165, 1.54) is 44.0 Å². The molecule has 0 aliphatic heterocycles. The van der Waals surface area contributed by atoms with Gasteiger partial charge in [-0.2, -0.15) is 13.2 Å². The number of aryl methyl sites for hydroxylation is 2. The number of amides is 1. The van der Waals surface area contributed by atoms with Crippen LogP contribution in [0.3, 0.4) is 0 Å². The minimum atomic E-state index is -4.56. The summed E-state index contributed by atoms with van der Waals surface area (Å²) in [6.45, 7) is 6.67. The number of hydrogen-bond acceptors (Lipinski definition) is 6. The van der Waals surface area contributed by atoms with Crippen LogP contribution in [-0.2, 0) is 18.3 Å². The minimum absolute atomic E-state index is 0.0186. The lowest BCUT2D eigenvalue weighted by Crippen LogP contribution is -2.43. The number of anilines is 1.